The fourth-order valence-electron chi connectivity index (χ4n) is 3.26. The average Bonchev–Trinajstić information content (AvgIpc) is 3.29. The number of benzene rings is 1. The summed E-state index contributed by atoms with van der Waals surface area (Å²) in [7, 11) is 0. The number of aromatic amines is 2. The number of amides is 1. The summed E-state index contributed by atoms with van der Waals surface area (Å²) in [6.07, 6.45) is 3.14. The number of nitrogens with zero attached hydrogens (tertiary/aromatic N) is 2. The number of halogens is 1. The Hall–Kier alpha value is -2.78. The molecule has 9 heteroatoms. The van der Waals surface area contributed by atoms with Crippen molar-refractivity contribution in [3.63, 3.8) is 0 Å². The van der Waals surface area contributed by atoms with Crippen molar-refractivity contribution >= 4 is 22.6 Å². The first-order chi connectivity index (χ1) is 13.2. The minimum Gasteiger partial charge on any atom is -0.396 e. The molecule has 0 aliphatic carbocycles. The molecule has 1 aliphatic heterocycles. The summed E-state index contributed by atoms with van der Waals surface area (Å²) in [5, 5.41) is 18.8. The highest BCUT2D eigenvalue weighted by molar-refractivity contribution is 5.96. The predicted octanol–water partition coefficient (Wildman–Crippen LogP) is 1.99. The van der Waals surface area contributed by atoms with Gasteiger partial charge in [-0.05, 0) is 30.9 Å². The number of carbonyl (C=O) groups is 1. The maximum Gasteiger partial charge on any atom is 0.227 e. The third kappa shape index (κ3) is 3.56. The molecule has 4 N–H and O–H groups in total. The van der Waals surface area contributed by atoms with Crippen molar-refractivity contribution in [3.8, 4) is 11.5 Å². The smallest absolute Gasteiger partial charge is 0.227 e. The lowest BCUT2D eigenvalue weighted by Crippen LogP contribution is -2.28. The lowest BCUT2D eigenvalue weighted by molar-refractivity contribution is -0.122. The van der Waals surface area contributed by atoms with Crippen molar-refractivity contribution in [2.24, 2.45) is 5.92 Å². The quantitative estimate of drug-likeness (QED) is 0.546. The van der Waals surface area contributed by atoms with E-state index in [1.165, 1.54) is 12.3 Å². The van der Waals surface area contributed by atoms with Crippen molar-refractivity contribution in [2.45, 2.75) is 19.3 Å². The van der Waals surface area contributed by atoms with Gasteiger partial charge in [-0.25, -0.2) is 9.37 Å². The van der Waals surface area contributed by atoms with Crippen LogP contribution in [0.3, 0.4) is 0 Å². The van der Waals surface area contributed by atoms with Crippen LogP contribution >= 0.6 is 0 Å². The van der Waals surface area contributed by atoms with Crippen LogP contribution in [0.2, 0.25) is 0 Å². The minimum absolute atomic E-state index is 0.0756. The van der Waals surface area contributed by atoms with Crippen molar-refractivity contribution in [1.29, 1.82) is 0 Å². The lowest BCUT2D eigenvalue weighted by Gasteiger charge is -2.20. The third-order valence-electron chi connectivity index (χ3n) is 4.76. The molecule has 1 saturated heterocycles. The van der Waals surface area contributed by atoms with Gasteiger partial charge in [0, 0.05) is 31.8 Å². The van der Waals surface area contributed by atoms with E-state index in [0.29, 0.717) is 59.9 Å². The van der Waals surface area contributed by atoms with Crippen LogP contribution in [0, 0.1) is 11.7 Å². The van der Waals surface area contributed by atoms with Gasteiger partial charge < -0.3 is 20.1 Å². The number of carbonyl (C=O) groups excluding carboxylic acids is 1. The number of fused-ring (bicyclic) bond motifs is 1. The van der Waals surface area contributed by atoms with E-state index >= 15 is 0 Å². The zero-order valence-corrected chi connectivity index (χ0v) is 14.6. The number of nitrogens with one attached hydrogen (secondary N) is 3. The zero-order valence-electron chi connectivity index (χ0n) is 14.6. The molecule has 0 bridgehead atoms. The predicted molar refractivity (Wildman–Crippen MR) is 96.6 cm³/mol. The van der Waals surface area contributed by atoms with Crippen molar-refractivity contribution in [2.75, 3.05) is 25.1 Å². The van der Waals surface area contributed by atoms with E-state index in [0.717, 1.165) is 0 Å². The maximum atomic E-state index is 14.1. The number of anilines is 1. The summed E-state index contributed by atoms with van der Waals surface area (Å²) in [5.74, 6) is -0.127. The summed E-state index contributed by atoms with van der Waals surface area (Å²) in [4.78, 5) is 20.0. The molecule has 1 aromatic carbocycles. The van der Waals surface area contributed by atoms with Crippen molar-refractivity contribution in [3.05, 3.63) is 29.7 Å². The van der Waals surface area contributed by atoms with E-state index < -0.39 is 5.82 Å². The molecule has 3 heterocycles. The molecule has 3 aromatic rings. The first-order valence-electron chi connectivity index (χ1n) is 8.87. The second kappa shape index (κ2) is 7.45. The van der Waals surface area contributed by atoms with Gasteiger partial charge in [0.2, 0.25) is 5.91 Å². The Morgan fingerprint density at radius 2 is 2.19 bits per heavy atom. The SMILES string of the molecule is O=C(Nc1cn[nH]c1-c1nc2cc(F)c(CCO)cc2[nH]1)C1CCOCC1. The van der Waals surface area contributed by atoms with E-state index in [-0.39, 0.29) is 24.9 Å². The molecule has 0 radical (unpaired) electrons. The average molecular weight is 373 g/mol. The Morgan fingerprint density at radius 1 is 1.37 bits per heavy atom. The largest absolute Gasteiger partial charge is 0.396 e. The topological polar surface area (TPSA) is 116 Å². The minimum atomic E-state index is -0.410. The molecule has 142 valence electrons. The second-order valence-corrected chi connectivity index (χ2v) is 6.55. The molecule has 1 aliphatic rings. The van der Waals surface area contributed by atoms with Gasteiger partial charge in [-0.1, -0.05) is 0 Å². The number of imidazole rings is 1. The van der Waals surface area contributed by atoms with Crippen LogP contribution in [-0.4, -0.2) is 51.0 Å². The lowest BCUT2D eigenvalue weighted by atomic mass is 9.99. The first kappa shape index (κ1) is 17.6. The molecule has 8 nitrogen and oxygen atoms in total. The molecule has 0 unspecified atom stereocenters. The van der Waals surface area contributed by atoms with Gasteiger partial charge >= 0.3 is 0 Å². The summed E-state index contributed by atoms with van der Waals surface area (Å²) < 4.78 is 19.4. The molecule has 2 aromatic heterocycles. The molecule has 0 saturated carbocycles. The number of aliphatic hydroxyl groups is 1. The highest BCUT2D eigenvalue weighted by atomic mass is 19.1. The number of aliphatic hydroxyl groups excluding tert-OH is 1. The van der Waals surface area contributed by atoms with Gasteiger partial charge in [-0.3, -0.25) is 9.89 Å². The van der Waals surface area contributed by atoms with Gasteiger partial charge in [-0.2, -0.15) is 5.10 Å². The number of ether oxygens (including phenoxy) is 1. The van der Waals surface area contributed by atoms with Crippen LogP contribution in [-0.2, 0) is 16.0 Å². The van der Waals surface area contributed by atoms with Crippen LogP contribution in [0.4, 0.5) is 10.1 Å². The van der Waals surface area contributed by atoms with E-state index in [1.54, 1.807) is 6.07 Å². The van der Waals surface area contributed by atoms with Gasteiger partial charge in [0.25, 0.3) is 0 Å². The van der Waals surface area contributed by atoms with Crippen LogP contribution in [0.25, 0.3) is 22.6 Å². The maximum absolute atomic E-state index is 14.1. The zero-order chi connectivity index (χ0) is 18.8. The molecule has 1 fully saturated rings. The normalized spacial score (nSPS) is 15.3. The third-order valence-corrected chi connectivity index (χ3v) is 4.76. The summed E-state index contributed by atoms with van der Waals surface area (Å²) in [6, 6.07) is 2.96. The van der Waals surface area contributed by atoms with E-state index in [2.05, 4.69) is 25.5 Å². The number of hydrogen-bond acceptors (Lipinski definition) is 5. The number of H-pyrrole nitrogens is 2. The van der Waals surface area contributed by atoms with Crippen molar-refractivity contribution < 1.29 is 19.0 Å². The molecule has 27 heavy (non-hydrogen) atoms. The van der Waals surface area contributed by atoms with E-state index in [1.807, 2.05) is 0 Å². The first-order valence-corrected chi connectivity index (χ1v) is 8.87. The monoisotopic (exact) mass is 373 g/mol. The Labute approximate surface area is 154 Å². The standard InChI is InChI=1S/C18H20FN5O3/c19-12-8-14-13(7-11(12)1-4-25)21-17(22-14)16-15(9-20-24-16)23-18(26)10-2-5-27-6-3-10/h7-10,25H,1-6H2,(H,20,24)(H,21,22)(H,23,26). The molecule has 0 spiro atoms. The van der Waals surface area contributed by atoms with Crippen LogP contribution < -0.4 is 5.32 Å². The summed E-state index contributed by atoms with van der Waals surface area (Å²) in [5.41, 5.74) is 2.56. The Bertz CT molecular complexity index is 961. The van der Waals surface area contributed by atoms with Gasteiger partial charge in [-0.15, -0.1) is 0 Å². The number of hydrogen-bond donors (Lipinski definition) is 4. The Kier molecular flexibility index (Phi) is 4.87. The summed E-state index contributed by atoms with van der Waals surface area (Å²) in [6.45, 7) is 1.04. The second-order valence-electron chi connectivity index (χ2n) is 6.55. The van der Waals surface area contributed by atoms with Crippen LogP contribution in [0.5, 0.6) is 0 Å². The Balaban J connectivity index is 1.60. The molecular formula is C18H20FN5O3. The fourth-order valence-corrected chi connectivity index (χ4v) is 3.26. The fraction of sp³-hybridized carbons (Fsp3) is 0.389. The Morgan fingerprint density at radius 3 is 2.96 bits per heavy atom. The summed E-state index contributed by atoms with van der Waals surface area (Å²) >= 11 is 0. The highest BCUT2D eigenvalue weighted by Gasteiger charge is 2.23. The van der Waals surface area contributed by atoms with Crippen molar-refractivity contribution in [1.82, 2.24) is 20.2 Å². The van der Waals surface area contributed by atoms with Crippen LogP contribution in [0.15, 0.2) is 18.3 Å². The van der Waals surface area contributed by atoms with E-state index in [9.17, 15) is 9.18 Å². The molecule has 1 amide bonds. The van der Waals surface area contributed by atoms with Crippen LogP contribution in [0.1, 0.15) is 18.4 Å². The highest BCUT2D eigenvalue weighted by Crippen LogP contribution is 2.28. The van der Waals surface area contributed by atoms with Gasteiger partial charge in [0.05, 0.1) is 22.9 Å². The van der Waals surface area contributed by atoms with Gasteiger partial charge in [0.1, 0.15) is 11.5 Å². The van der Waals surface area contributed by atoms with Gasteiger partial charge in [0.15, 0.2) is 5.82 Å². The number of rotatable bonds is 5. The molecule has 0 atom stereocenters. The number of aromatic nitrogens is 4. The van der Waals surface area contributed by atoms with E-state index in [4.69, 9.17) is 9.84 Å². The molecule has 4 rings (SSSR count). The molecular weight excluding hydrogens is 353 g/mol.